The van der Waals surface area contributed by atoms with Gasteiger partial charge in [0.25, 0.3) is 0 Å². The van der Waals surface area contributed by atoms with Gasteiger partial charge in [0.05, 0.1) is 5.52 Å². The number of aromatic nitrogens is 2. The van der Waals surface area contributed by atoms with Crippen molar-refractivity contribution in [2.24, 2.45) is 7.05 Å². The molecule has 0 saturated heterocycles. The third-order valence-electron chi connectivity index (χ3n) is 3.00. The van der Waals surface area contributed by atoms with Gasteiger partial charge in [-0.2, -0.15) is 5.10 Å². The molecular weight excluding hydrogens is 226 g/mol. The van der Waals surface area contributed by atoms with Crippen molar-refractivity contribution in [1.29, 1.82) is 0 Å². The lowest BCUT2D eigenvalue weighted by Crippen LogP contribution is -1.90. The number of nitrogen functional groups attached to an aromatic ring is 1. The number of nitrogens with two attached hydrogens (primary N) is 1. The van der Waals surface area contributed by atoms with E-state index in [0.717, 1.165) is 22.2 Å². The molecule has 0 aliphatic rings. The van der Waals surface area contributed by atoms with Crippen LogP contribution in [0.2, 0.25) is 0 Å². The quantitative estimate of drug-likeness (QED) is 0.641. The van der Waals surface area contributed by atoms with E-state index in [9.17, 15) is 5.11 Å². The highest BCUT2D eigenvalue weighted by Crippen LogP contribution is 2.30. The Bertz CT molecular complexity index is 731. The van der Waals surface area contributed by atoms with Crippen LogP contribution in [-0.2, 0) is 7.05 Å². The molecule has 3 aromatic rings. The zero-order valence-corrected chi connectivity index (χ0v) is 9.96. The molecule has 0 unspecified atom stereocenters. The maximum atomic E-state index is 9.54. The number of benzene rings is 2. The molecule has 1 aromatic heterocycles. The highest BCUT2D eigenvalue weighted by atomic mass is 16.3. The number of aromatic hydroxyl groups is 1. The Labute approximate surface area is 104 Å². The predicted molar refractivity (Wildman–Crippen MR) is 72.2 cm³/mol. The Balaban J connectivity index is 2.30. The van der Waals surface area contributed by atoms with E-state index < -0.39 is 0 Å². The molecule has 0 atom stereocenters. The number of anilines is 1. The normalized spacial score (nSPS) is 10.9. The van der Waals surface area contributed by atoms with Crippen LogP contribution in [0.5, 0.6) is 5.75 Å². The van der Waals surface area contributed by atoms with Crippen LogP contribution in [-0.4, -0.2) is 14.9 Å². The number of phenols is 1. The minimum absolute atomic E-state index is 0.238. The molecule has 0 bridgehead atoms. The van der Waals surface area contributed by atoms with Crippen molar-refractivity contribution in [2.45, 2.75) is 0 Å². The van der Waals surface area contributed by atoms with E-state index in [4.69, 9.17) is 5.73 Å². The van der Waals surface area contributed by atoms with Crippen LogP contribution in [0.1, 0.15) is 0 Å². The lowest BCUT2D eigenvalue weighted by atomic mass is 10.1. The molecule has 0 amide bonds. The molecule has 4 heteroatoms. The number of fused-ring (bicyclic) bond motifs is 1. The number of hydrogen-bond acceptors (Lipinski definition) is 3. The van der Waals surface area contributed by atoms with Gasteiger partial charge >= 0.3 is 0 Å². The summed E-state index contributed by atoms with van der Waals surface area (Å²) in [4.78, 5) is 0. The van der Waals surface area contributed by atoms with Crippen LogP contribution < -0.4 is 5.73 Å². The SMILES string of the molecule is Cn1nc(-c2cccc(O)c2)c2ccc(N)cc21. The van der Waals surface area contributed by atoms with Crippen molar-refractivity contribution in [3.63, 3.8) is 0 Å². The zero-order valence-electron chi connectivity index (χ0n) is 9.96. The molecule has 0 fully saturated rings. The molecule has 1 heterocycles. The molecule has 0 aliphatic carbocycles. The fourth-order valence-corrected chi connectivity index (χ4v) is 2.14. The average Bonchev–Trinajstić information content (AvgIpc) is 2.67. The van der Waals surface area contributed by atoms with Crippen LogP contribution in [0.4, 0.5) is 5.69 Å². The maximum Gasteiger partial charge on any atom is 0.116 e. The van der Waals surface area contributed by atoms with Crippen molar-refractivity contribution in [2.75, 3.05) is 5.73 Å². The van der Waals surface area contributed by atoms with Crippen LogP contribution >= 0.6 is 0 Å². The van der Waals surface area contributed by atoms with Gasteiger partial charge in [-0.05, 0) is 30.3 Å². The maximum absolute atomic E-state index is 9.54. The van der Waals surface area contributed by atoms with Gasteiger partial charge < -0.3 is 10.8 Å². The first-order chi connectivity index (χ1) is 8.65. The van der Waals surface area contributed by atoms with Crippen molar-refractivity contribution in [1.82, 2.24) is 9.78 Å². The summed E-state index contributed by atoms with van der Waals surface area (Å²) in [6, 6.07) is 12.8. The standard InChI is InChI=1S/C14H13N3O/c1-17-13-8-10(15)5-6-12(13)14(16-17)9-3-2-4-11(18)7-9/h2-8,18H,15H2,1H3. The Morgan fingerprint density at radius 2 is 2.00 bits per heavy atom. The molecule has 0 radical (unpaired) electrons. The number of phenolic OH excluding ortho intramolecular Hbond substituents is 1. The number of rotatable bonds is 1. The number of nitrogens with zero attached hydrogens (tertiary/aromatic N) is 2. The summed E-state index contributed by atoms with van der Waals surface area (Å²) in [7, 11) is 1.88. The van der Waals surface area contributed by atoms with Crippen molar-refractivity contribution >= 4 is 16.6 Å². The summed E-state index contributed by atoms with van der Waals surface area (Å²) in [5.41, 5.74) is 9.22. The highest BCUT2D eigenvalue weighted by molar-refractivity contribution is 5.94. The molecule has 3 rings (SSSR count). The van der Waals surface area contributed by atoms with Gasteiger partial charge in [-0.15, -0.1) is 0 Å². The molecule has 0 spiro atoms. The molecular formula is C14H13N3O. The minimum Gasteiger partial charge on any atom is -0.508 e. The minimum atomic E-state index is 0.238. The number of hydrogen-bond donors (Lipinski definition) is 2. The monoisotopic (exact) mass is 239 g/mol. The van der Waals surface area contributed by atoms with Gasteiger partial charge in [0.1, 0.15) is 11.4 Å². The predicted octanol–water partition coefficient (Wildman–Crippen LogP) is 2.53. The lowest BCUT2D eigenvalue weighted by molar-refractivity contribution is 0.475. The van der Waals surface area contributed by atoms with E-state index in [1.165, 1.54) is 0 Å². The summed E-state index contributed by atoms with van der Waals surface area (Å²) in [6.45, 7) is 0. The van der Waals surface area contributed by atoms with Crippen LogP contribution in [0.15, 0.2) is 42.5 Å². The van der Waals surface area contributed by atoms with E-state index in [1.54, 1.807) is 16.8 Å². The topological polar surface area (TPSA) is 64.1 Å². The molecule has 90 valence electrons. The average molecular weight is 239 g/mol. The van der Waals surface area contributed by atoms with Crippen LogP contribution in [0.25, 0.3) is 22.2 Å². The largest absolute Gasteiger partial charge is 0.508 e. The first kappa shape index (κ1) is 10.7. The Morgan fingerprint density at radius 1 is 1.17 bits per heavy atom. The van der Waals surface area contributed by atoms with E-state index in [-0.39, 0.29) is 5.75 Å². The van der Waals surface area contributed by atoms with Crippen molar-refractivity contribution in [3.05, 3.63) is 42.5 Å². The second kappa shape index (κ2) is 3.77. The summed E-state index contributed by atoms with van der Waals surface area (Å²) in [5.74, 6) is 0.238. The number of aryl methyl sites for hydroxylation is 1. The van der Waals surface area contributed by atoms with Gasteiger partial charge in [0, 0.05) is 23.7 Å². The Kier molecular flexibility index (Phi) is 2.23. The van der Waals surface area contributed by atoms with E-state index >= 15 is 0 Å². The summed E-state index contributed by atoms with van der Waals surface area (Å²) < 4.78 is 1.80. The van der Waals surface area contributed by atoms with E-state index in [1.807, 2.05) is 37.4 Å². The smallest absolute Gasteiger partial charge is 0.116 e. The second-order valence-corrected chi connectivity index (χ2v) is 4.30. The first-order valence-corrected chi connectivity index (χ1v) is 5.67. The van der Waals surface area contributed by atoms with Gasteiger partial charge in [-0.25, -0.2) is 0 Å². The molecule has 3 N–H and O–H groups in total. The van der Waals surface area contributed by atoms with Gasteiger partial charge in [-0.1, -0.05) is 12.1 Å². The highest BCUT2D eigenvalue weighted by Gasteiger charge is 2.10. The Morgan fingerprint density at radius 3 is 2.78 bits per heavy atom. The van der Waals surface area contributed by atoms with Crippen LogP contribution in [0, 0.1) is 0 Å². The molecule has 2 aromatic carbocycles. The molecule has 0 saturated carbocycles. The van der Waals surface area contributed by atoms with Gasteiger partial charge in [0.15, 0.2) is 0 Å². The van der Waals surface area contributed by atoms with Gasteiger partial charge in [-0.3, -0.25) is 4.68 Å². The fraction of sp³-hybridized carbons (Fsp3) is 0.0714. The van der Waals surface area contributed by atoms with Gasteiger partial charge in [0.2, 0.25) is 0 Å². The van der Waals surface area contributed by atoms with Crippen molar-refractivity contribution in [3.8, 4) is 17.0 Å². The molecule has 4 nitrogen and oxygen atoms in total. The first-order valence-electron chi connectivity index (χ1n) is 5.67. The summed E-state index contributed by atoms with van der Waals surface area (Å²) >= 11 is 0. The van der Waals surface area contributed by atoms with Crippen molar-refractivity contribution < 1.29 is 5.11 Å². The molecule has 0 aliphatic heterocycles. The molecule has 18 heavy (non-hydrogen) atoms. The summed E-state index contributed by atoms with van der Waals surface area (Å²) in [6.07, 6.45) is 0. The summed E-state index contributed by atoms with van der Waals surface area (Å²) in [5, 5.41) is 15.1. The zero-order chi connectivity index (χ0) is 12.7. The van der Waals surface area contributed by atoms with Crippen LogP contribution in [0.3, 0.4) is 0 Å². The lowest BCUT2D eigenvalue weighted by Gasteiger charge is -1.99. The third-order valence-corrected chi connectivity index (χ3v) is 3.00. The van der Waals surface area contributed by atoms with E-state index in [2.05, 4.69) is 5.10 Å². The third kappa shape index (κ3) is 1.59. The van der Waals surface area contributed by atoms with E-state index in [0.29, 0.717) is 5.69 Å². The second-order valence-electron chi connectivity index (χ2n) is 4.30. The Hall–Kier alpha value is -2.49. The fourth-order valence-electron chi connectivity index (χ4n) is 2.14.